The molecule has 1 aromatic heterocycles. The first-order chi connectivity index (χ1) is 14.7. The van der Waals surface area contributed by atoms with Gasteiger partial charge in [0.1, 0.15) is 0 Å². The van der Waals surface area contributed by atoms with Crippen LogP contribution in [0.25, 0.3) is 16.9 Å². The van der Waals surface area contributed by atoms with E-state index in [-0.39, 0.29) is 9.79 Å². The van der Waals surface area contributed by atoms with Crippen molar-refractivity contribution in [3.8, 4) is 16.9 Å². The first-order valence-electron chi connectivity index (χ1n) is 9.94. The van der Waals surface area contributed by atoms with E-state index in [2.05, 4.69) is 4.90 Å². The Labute approximate surface area is 183 Å². The maximum Gasteiger partial charge on any atom is 0.243 e. The van der Waals surface area contributed by atoms with Crippen LogP contribution in [0.3, 0.4) is 0 Å². The second kappa shape index (κ2) is 8.23. The standard InChI is InChI=1S/C22H25N3O4S2/c1-23-14-16-24(17-15-23)31(28,29)19-11-9-18(10-12-19)20-7-5-13-25(20)21-6-3-4-8-22(21)30(2,26)27/h3-13H,14-17H2,1-2H3. The summed E-state index contributed by atoms with van der Waals surface area (Å²) in [6, 6.07) is 17.3. The zero-order valence-electron chi connectivity index (χ0n) is 17.5. The normalized spacial score (nSPS) is 16.5. The molecule has 0 saturated carbocycles. The highest BCUT2D eigenvalue weighted by Crippen LogP contribution is 2.29. The average Bonchev–Trinajstić information content (AvgIpc) is 3.23. The molecule has 3 aromatic rings. The fourth-order valence-electron chi connectivity index (χ4n) is 3.77. The Morgan fingerprint density at radius 2 is 1.42 bits per heavy atom. The maximum absolute atomic E-state index is 13.0. The van der Waals surface area contributed by atoms with Gasteiger partial charge in [-0.05, 0) is 49.0 Å². The molecule has 0 radical (unpaired) electrons. The van der Waals surface area contributed by atoms with Gasteiger partial charge in [0.2, 0.25) is 10.0 Å². The Bertz CT molecular complexity index is 1290. The topological polar surface area (TPSA) is 79.7 Å². The van der Waals surface area contributed by atoms with E-state index in [4.69, 9.17) is 0 Å². The second-order valence-corrected chi connectivity index (χ2v) is 11.7. The van der Waals surface area contributed by atoms with Gasteiger partial charge in [-0.2, -0.15) is 4.31 Å². The minimum Gasteiger partial charge on any atom is -0.315 e. The van der Waals surface area contributed by atoms with Crippen molar-refractivity contribution in [2.45, 2.75) is 9.79 Å². The molecule has 1 saturated heterocycles. The number of sulfonamides is 1. The molecule has 2 aromatic carbocycles. The van der Waals surface area contributed by atoms with Crippen molar-refractivity contribution in [1.82, 2.24) is 13.8 Å². The van der Waals surface area contributed by atoms with Gasteiger partial charge in [-0.1, -0.05) is 24.3 Å². The summed E-state index contributed by atoms with van der Waals surface area (Å²) in [5, 5.41) is 0. The molecule has 0 bridgehead atoms. The number of piperazine rings is 1. The van der Waals surface area contributed by atoms with Gasteiger partial charge in [-0.25, -0.2) is 16.8 Å². The summed E-state index contributed by atoms with van der Waals surface area (Å²) in [6.45, 7) is 2.38. The molecule has 0 N–H and O–H groups in total. The number of hydrogen-bond donors (Lipinski definition) is 0. The van der Waals surface area contributed by atoms with E-state index < -0.39 is 19.9 Å². The lowest BCUT2D eigenvalue weighted by molar-refractivity contribution is 0.222. The van der Waals surface area contributed by atoms with Gasteiger partial charge in [-0.15, -0.1) is 0 Å². The predicted octanol–water partition coefficient (Wildman–Crippen LogP) is 2.48. The van der Waals surface area contributed by atoms with Crippen molar-refractivity contribution < 1.29 is 16.8 Å². The van der Waals surface area contributed by atoms with Crippen molar-refractivity contribution in [2.75, 3.05) is 39.5 Å². The molecule has 0 amide bonds. The molecule has 0 spiro atoms. The van der Waals surface area contributed by atoms with Gasteiger partial charge >= 0.3 is 0 Å². The number of likely N-dealkylation sites (N-methyl/N-ethyl adjacent to an activating group) is 1. The van der Waals surface area contributed by atoms with Crippen molar-refractivity contribution in [3.05, 3.63) is 66.9 Å². The predicted molar refractivity (Wildman–Crippen MR) is 121 cm³/mol. The van der Waals surface area contributed by atoms with Crippen LogP contribution in [0.4, 0.5) is 0 Å². The Morgan fingerprint density at radius 3 is 2.06 bits per heavy atom. The van der Waals surface area contributed by atoms with E-state index in [9.17, 15) is 16.8 Å². The SMILES string of the molecule is CN1CCN(S(=O)(=O)c2ccc(-c3cccn3-c3ccccc3S(C)(=O)=O)cc2)CC1. The summed E-state index contributed by atoms with van der Waals surface area (Å²) in [4.78, 5) is 2.61. The highest BCUT2D eigenvalue weighted by Gasteiger charge is 2.27. The minimum atomic E-state index is -3.54. The minimum absolute atomic E-state index is 0.238. The third-order valence-corrected chi connectivity index (χ3v) is 8.58. The third-order valence-electron chi connectivity index (χ3n) is 5.52. The van der Waals surface area contributed by atoms with Crippen LogP contribution in [0.15, 0.2) is 76.7 Å². The van der Waals surface area contributed by atoms with Crippen LogP contribution in [-0.4, -0.2) is 70.1 Å². The smallest absolute Gasteiger partial charge is 0.243 e. The molecule has 9 heteroatoms. The summed E-state index contributed by atoms with van der Waals surface area (Å²) in [6.07, 6.45) is 2.99. The van der Waals surface area contributed by atoms with Gasteiger partial charge in [0.05, 0.1) is 21.2 Å². The quantitative estimate of drug-likeness (QED) is 0.586. The fraction of sp³-hybridized carbons (Fsp3) is 0.273. The molecule has 1 fully saturated rings. The molecular weight excluding hydrogens is 434 g/mol. The van der Waals surface area contributed by atoms with Crippen LogP contribution >= 0.6 is 0 Å². The van der Waals surface area contributed by atoms with E-state index >= 15 is 0 Å². The third kappa shape index (κ3) is 4.31. The van der Waals surface area contributed by atoms with Gasteiger partial charge < -0.3 is 9.47 Å². The Hall–Kier alpha value is -2.46. The average molecular weight is 460 g/mol. The van der Waals surface area contributed by atoms with Crippen molar-refractivity contribution in [3.63, 3.8) is 0 Å². The summed E-state index contributed by atoms with van der Waals surface area (Å²) in [5.41, 5.74) is 2.13. The summed E-state index contributed by atoms with van der Waals surface area (Å²) < 4.78 is 53.7. The lowest BCUT2D eigenvalue weighted by Gasteiger charge is -2.31. The van der Waals surface area contributed by atoms with E-state index in [0.717, 1.165) is 11.3 Å². The molecule has 2 heterocycles. The zero-order chi connectivity index (χ0) is 22.2. The lowest BCUT2D eigenvalue weighted by atomic mass is 10.1. The van der Waals surface area contributed by atoms with E-state index in [1.807, 2.05) is 19.2 Å². The highest BCUT2D eigenvalue weighted by molar-refractivity contribution is 7.90. The van der Waals surface area contributed by atoms with Gasteiger partial charge in [0, 0.05) is 38.6 Å². The van der Waals surface area contributed by atoms with Crippen molar-refractivity contribution >= 4 is 19.9 Å². The molecule has 1 aliphatic rings. The van der Waals surface area contributed by atoms with E-state index in [1.54, 1.807) is 59.3 Å². The Morgan fingerprint density at radius 1 is 0.774 bits per heavy atom. The number of aromatic nitrogens is 1. The number of benzene rings is 2. The summed E-state index contributed by atoms with van der Waals surface area (Å²) in [7, 11) is -4.97. The largest absolute Gasteiger partial charge is 0.315 e. The molecule has 1 aliphatic heterocycles. The van der Waals surface area contributed by atoms with Crippen LogP contribution < -0.4 is 0 Å². The fourth-order valence-corrected chi connectivity index (χ4v) is 6.07. The second-order valence-electron chi connectivity index (χ2n) is 7.74. The summed E-state index contributed by atoms with van der Waals surface area (Å²) >= 11 is 0. The van der Waals surface area contributed by atoms with Gasteiger partial charge in [0.15, 0.2) is 9.84 Å². The molecular formula is C22H25N3O4S2. The molecule has 0 atom stereocenters. The van der Waals surface area contributed by atoms with Crippen molar-refractivity contribution in [2.24, 2.45) is 0 Å². The molecule has 4 rings (SSSR count). The number of sulfone groups is 1. The van der Waals surface area contributed by atoms with Crippen molar-refractivity contribution in [1.29, 1.82) is 0 Å². The van der Waals surface area contributed by atoms with Crippen LogP contribution in [-0.2, 0) is 19.9 Å². The van der Waals surface area contributed by atoms with Gasteiger partial charge in [-0.3, -0.25) is 0 Å². The first kappa shape index (κ1) is 21.8. The summed E-state index contributed by atoms with van der Waals surface area (Å²) in [5.74, 6) is 0. The first-order valence-corrected chi connectivity index (χ1v) is 13.3. The number of hydrogen-bond acceptors (Lipinski definition) is 5. The maximum atomic E-state index is 13.0. The number of para-hydroxylation sites is 1. The zero-order valence-corrected chi connectivity index (χ0v) is 19.1. The number of nitrogens with zero attached hydrogens (tertiary/aromatic N) is 3. The Balaban J connectivity index is 1.68. The number of rotatable bonds is 5. The molecule has 31 heavy (non-hydrogen) atoms. The van der Waals surface area contributed by atoms with Gasteiger partial charge in [0.25, 0.3) is 0 Å². The van der Waals surface area contributed by atoms with Crippen LogP contribution in [0.5, 0.6) is 0 Å². The monoisotopic (exact) mass is 459 g/mol. The van der Waals surface area contributed by atoms with E-state index in [0.29, 0.717) is 31.9 Å². The molecule has 0 unspecified atom stereocenters. The molecule has 7 nitrogen and oxygen atoms in total. The van der Waals surface area contributed by atoms with Crippen LogP contribution in [0.2, 0.25) is 0 Å². The lowest BCUT2D eigenvalue weighted by Crippen LogP contribution is -2.46. The highest BCUT2D eigenvalue weighted by atomic mass is 32.2. The van der Waals surface area contributed by atoms with E-state index in [1.165, 1.54) is 10.6 Å². The van der Waals surface area contributed by atoms with Crippen LogP contribution in [0.1, 0.15) is 0 Å². The Kier molecular flexibility index (Phi) is 5.78. The van der Waals surface area contributed by atoms with Crippen LogP contribution in [0, 0.1) is 0 Å². The molecule has 164 valence electrons. The molecule has 0 aliphatic carbocycles.